The quantitative estimate of drug-likeness (QED) is 0.864. The summed E-state index contributed by atoms with van der Waals surface area (Å²) in [4.78, 5) is 8.39. The van der Waals surface area contributed by atoms with E-state index < -0.39 is 0 Å². The van der Waals surface area contributed by atoms with Gasteiger partial charge < -0.3 is 14.8 Å². The van der Waals surface area contributed by atoms with Crippen LogP contribution in [0.5, 0.6) is 0 Å². The van der Waals surface area contributed by atoms with Crippen molar-refractivity contribution in [3.05, 3.63) is 29.9 Å². The van der Waals surface area contributed by atoms with Crippen LogP contribution in [0.4, 0.5) is 0 Å². The normalized spacial score (nSPS) is 13.2. The molecule has 0 aliphatic rings. The van der Waals surface area contributed by atoms with Crippen LogP contribution in [0.1, 0.15) is 37.2 Å². The molecule has 98 valence electrons. The first kappa shape index (κ1) is 12.8. The summed E-state index contributed by atoms with van der Waals surface area (Å²) in [7, 11) is 0. The summed E-state index contributed by atoms with van der Waals surface area (Å²) in [6, 6.07) is 0. The van der Waals surface area contributed by atoms with Crippen molar-refractivity contribution in [2.45, 2.75) is 33.2 Å². The van der Waals surface area contributed by atoms with E-state index in [1.807, 2.05) is 10.8 Å². The monoisotopic (exact) mass is 249 g/mol. The van der Waals surface area contributed by atoms with Gasteiger partial charge in [0.1, 0.15) is 6.54 Å². The van der Waals surface area contributed by atoms with Gasteiger partial charge in [-0.1, -0.05) is 19.0 Å². The molecular weight excluding hydrogens is 230 g/mol. The van der Waals surface area contributed by atoms with Gasteiger partial charge in [0.25, 0.3) is 0 Å². The minimum Gasteiger partial charge on any atom is -0.337 e. The second-order valence-electron chi connectivity index (χ2n) is 4.77. The summed E-state index contributed by atoms with van der Waals surface area (Å²) < 4.78 is 7.14. The Balaban J connectivity index is 2.22. The Morgan fingerprint density at radius 3 is 2.78 bits per heavy atom. The molecule has 2 aromatic rings. The molecule has 0 aliphatic heterocycles. The second-order valence-corrected chi connectivity index (χ2v) is 4.77. The number of nitrogens with zero attached hydrogens (tertiary/aromatic N) is 4. The van der Waals surface area contributed by atoms with Crippen molar-refractivity contribution >= 4 is 0 Å². The minimum atomic E-state index is 0.288. The van der Waals surface area contributed by atoms with E-state index in [0.717, 1.165) is 5.69 Å². The molecule has 2 N–H and O–H groups in total. The van der Waals surface area contributed by atoms with Crippen molar-refractivity contribution in [1.82, 2.24) is 19.7 Å². The highest BCUT2D eigenvalue weighted by atomic mass is 16.5. The fourth-order valence-corrected chi connectivity index (χ4v) is 2.06. The molecule has 0 aromatic carbocycles. The largest absolute Gasteiger partial charge is 0.337 e. The van der Waals surface area contributed by atoms with Gasteiger partial charge in [-0.3, -0.25) is 0 Å². The fourth-order valence-electron chi connectivity index (χ4n) is 2.06. The van der Waals surface area contributed by atoms with E-state index in [1.54, 1.807) is 13.3 Å². The number of nitrogens with two attached hydrogens (primary N) is 1. The van der Waals surface area contributed by atoms with Gasteiger partial charge in [0.05, 0.1) is 6.33 Å². The van der Waals surface area contributed by atoms with Crippen molar-refractivity contribution in [3.8, 4) is 0 Å². The van der Waals surface area contributed by atoms with Gasteiger partial charge in [0.15, 0.2) is 5.82 Å². The molecule has 2 aromatic heterocycles. The fraction of sp³-hybridized carbons (Fsp3) is 0.583. The van der Waals surface area contributed by atoms with Crippen LogP contribution < -0.4 is 5.73 Å². The summed E-state index contributed by atoms with van der Waals surface area (Å²) >= 11 is 0. The highest BCUT2D eigenvalue weighted by molar-refractivity contribution is 5.09. The highest BCUT2D eigenvalue weighted by Crippen LogP contribution is 2.23. The Hall–Kier alpha value is -1.69. The van der Waals surface area contributed by atoms with E-state index in [-0.39, 0.29) is 5.92 Å². The maximum absolute atomic E-state index is 5.84. The molecule has 0 aliphatic carbocycles. The maximum Gasteiger partial charge on any atom is 0.246 e. The van der Waals surface area contributed by atoms with E-state index in [0.29, 0.717) is 30.7 Å². The molecule has 0 saturated carbocycles. The predicted octanol–water partition coefficient (Wildman–Crippen LogP) is 1.32. The molecule has 0 fully saturated rings. The van der Waals surface area contributed by atoms with Crippen molar-refractivity contribution in [2.75, 3.05) is 6.54 Å². The zero-order valence-corrected chi connectivity index (χ0v) is 11.0. The van der Waals surface area contributed by atoms with Gasteiger partial charge in [-0.25, -0.2) is 4.98 Å². The number of hydrogen-bond donors (Lipinski definition) is 1. The molecule has 0 saturated heterocycles. The van der Waals surface area contributed by atoms with Crippen LogP contribution in [-0.2, 0) is 6.54 Å². The molecule has 1 unspecified atom stereocenters. The average Bonchev–Trinajstić information content (AvgIpc) is 2.90. The van der Waals surface area contributed by atoms with E-state index in [1.165, 1.54) is 0 Å². The Morgan fingerprint density at radius 1 is 1.44 bits per heavy atom. The summed E-state index contributed by atoms with van der Waals surface area (Å²) in [6.45, 7) is 7.27. The Kier molecular flexibility index (Phi) is 3.76. The van der Waals surface area contributed by atoms with E-state index in [9.17, 15) is 0 Å². The minimum absolute atomic E-state index is 0.288. The standard InChI is InChI=1S/C12H19N5O/c1-8(2)10(4-13)11-5-14-7-17(11)6-12-15-9(3)16-18-12/h5,7-8,10H,4,6,13H2,1-3H3. The molecule has 2 heterocycles. The molecule has 0 spiro atoms. The second kappa shape index (κ2) is 5.30. The third kappa shape index (κ3) is 2.59. The Labute approximate surface area is 106 Å². The van der Waals surface area contributed by atoms with Crippen LogP contribution in [0.15, 0.2) is 17.0 Å². The Bertz CT molecular complexity index is 502. The average molecular weight is 249 g/mol. The van der Waals surface area contributed by atoms with Gasteiger partial charge >= 0.3 is 0 Å². The van der Waals surface area contributed by atoms with Crippen molar-refractivity contribution in [2.24, 2.45) is 11.7 Å². The van der Waals surface area contributed by atoms with Crippen LogP contribution in [0.25, 0.3) is 0 Å². The molecular formula is C12H19N5O. The number of hydrogen-bond acceptors (Lipinski definition) is 5. The van der Waals surface area contributed by atoms with Crippen LogP contribution >= 0.6 is 0 Å². The topological polar surface area (TPSA) is 82.8 Å². The SMILES string of the molecule is Cc1noc(Cn2cncc2C(CN)C(C)C)n1. The lowest BCUT2D eigenvalue weighted by molar-refractivity contribution is 0.363. The highest BCUT2D eigenvalue weighted by Gasteiger charge is 2.19. The summed E-state index contributed by atoms with van der Waals surface area (Å²) in [6.07, 6.45) is 3.64. The van der Waals surface area contributed by atoms with Crippen LogP contribution in [0.2, 0.25) is 0 Å². The summed E-state index contributed by atoms with van der Waals surface area (Å²) in [5, 5.41) is 3.78. The van der Waals surface area contributed by atoms with Gasteiger partial charge in [-0.15, -0.1) is 0 Å². The number of rotatable bonds is 5. The van der Waals surface area contributed by atoms with Crippen molar-refractivity contribution in [3.63, 3.8) is 0 Å². The number of aryl methyl sites for hydroxylation is 1. The molecule has 0 bridgehead atoms. The molecule has 0 amide bonds. The van der Waals surface area contributed by atoms with Gasteiger partial charge in [0, 0.05) is 24.4 Å². The molecule has 18 heavy (non-hydrogen) atoms. The van der Waals surface area contributed by atoms with E-state index in [2.05, 4.69) is 29.0 Å². The van der Waals surface area contributed by atoms with Crippen LogP contribution in [0, 0.1) is 12.8 Å². The number of aromatic nitrogens is 4. The first-order valence-electron chi connectivity index (χ1n) is 6.11. The first-order valence-corrected chi connectivity index (χ1v) is 6.11. The lowest BCUT2D eigenvalue weighted by Crippen LogP contribution is -2.21. The lowest BCUT2D eigenvalue weighted by atomic mass is 9.93. The third-order valence-electron chi connectivity index (χ3n) is 3.06. The third-order valence-corrected chi connectivity index (χ3v) is 3.06. The number of imidazole rings is 1. The van der Waals surface area contributed by atoms with E-state index in [4.69, 9.17) is 10.3 Å². The lowest BCUT2D eigenvalue weighted by Gasteiger charge is -2.19. The van der Waals surface area contributed by atoms with Crippen molar-refractivity contribution in [1.29, 1.82) is 0 Å². The van der Waals surface area contributed by atoms with Gasteiger partial charge in [-0.05, 0) is 12.8 Å². The zero-order chi connectivity index (χ0) is 13.1. The zero-order valence-electron chi connectivity index (χ0n) is 11.0. The molecule has 6 nitrogen and oxygen atoms in total. The molecule has 2 rings (SSSR count). The molecule has 1 atom stereocenters. The molecule has 6 heteroatoms. The Morgan fingerprint density at radius 2 is 2.22 bits per heavy atom. The van der Waals surface area contributed by atoms with Crippen LogP contribution in [0.3, 0.4) is 0 Å². The van der Waals surface area contributed by atoms with Gasteiger partial charge in [0.2, 0.25) is 5.89 Å². The van der Waals surface area contributed by atoms with Crippen molar-refractivity contribution < 1.29 is 4.52 Å². The maximum atomic E-state index is 5.84. The van der Waals surface area contributed by atoms with Crippen LogP contribution in [-0.4, -0.2) is 26.2 Å². The van der Waals surface area contributed by atoms with E-state index >= 15 is 0 Å². The molecule has 0 radical (unpaired) electrons. The first-order chi connectivity index (χ1) is 8.61. The predicted molar refractivity (Wildman–Crippen MR) is 67.0 cm³/mol. The smallest absolute Gasteiger partial charge is 0.246 e. The summed E-state index contributed by atoms with van der Waals surface area (Å²) in [5.41, 5.74) is 6.95. The summed E-state index contributed by atoms with van der Waals surface area (Å²) in [5.74, 6) is 1.99. The van der Waals surface area contributed by atoms with Gasteiger partial charge in [-0.2, -0.15) is 4.98 Å².